The molecule has 0 spiro atoms. The molecule has 2 unspecified atom stereocenters. The fourth-order valence-corrected chi connectivity index (χ4v) is 1.51. The Morgan fingerprint density at radius 1 is 1.55 bits per heavy atom. The van der Waals surface area contributed by atoms with Crippen molar-refractivity contribution in [2.45, 2.75) is 26.4 Å². The zero-order chi connectivity index (χ0) is 8.85. The minimum atomic E-state index is -1.74. The van der Waals surface area contributed by atoms with Crippen molar-refractivity contribution in [3.8, 4) is 0 Å². The molecule has 68 valence electrons. The van der Waals surface area contributed by atoms with Crippen molar-refractivity contribution in [1.82, 2.24) is 0 Å². The van der Waals surface area contributed by atoms with Gasteiger partial charge in [-0.3, -0.25) is 0 Å². The van der Waals surface area contributed by atoms with Crippen LogP contribution in [0.5, 0.6) is 0 Å². The van der Waals surface area contributed by atoms with E-state index < -0.39 is 11.1 Å². The topological polar surface area (TPSA) is 46.5 Å². The lowest BCUT2D eigenvalue weighted by Crippen LogP contribution is -2.21. The Bertz CT molecular complexity index is 125. The van der Waals surface area contributed by atoms with E-state index in [0.29, 0.717) is 5.92 Å². The first-order valence-corrected chi connectivity index (χ1v) is 4.94. The molecule has 0 radical (unpaired) electrons. The van der Waals surface area contributed by atoms with Gasteiger partial charge in [0.2, 0.25) is 0 Å². The van der Waals surface area contributed by atoms with Crippen molar-refractivity contribution in [1.29, 1.82) is 0 Å². The minimum absolute atomic E-state index is 0.0826. The molecule has 0 heterocycles. The summed E-state index contributed by atoms with van der Waals surface area (Å²) in [7, 11) is 1.57. The maximum absolute atomic E-state index is 10.4. The molecule has 11 heavy (non-hydrogen) atoms. The van der Waals surface area contributed by atoms with Crippen LogP contribution < -0.4 is 0 Å². The normalized spacial score (nSPS) is 16.8. The van der Waals surface area contributed by atoms with Gasteiger partial charge in [-0.05, 0) is 12.3 Å². The van der Waals surface area contributed by atoms with E-state index in [-0.39, 0.29) is 11.9 Å². The van der Waals surface area contributed by atoms with Crippen LogP contribution in [0.2, 0.25) is 0 Å². The van der Waals surface area contributed by atoms with Gasteiger partial charge in [0.1, 0.15) is 0 Å². The van der Waals surface area contributed by atoms with E-state index in [4.69, 9.17) is 9.29 Å². The van der Waals surface area contributed by atoms with Crippen LogP contribution >= 0.6 is 0 Å². The second-order valence-electron chi connectivity index (χ2n) is 2.98. The largest absolute Gasteiger partial charge is 0.380 e. The van der Waals surface area contributed by atoms with Gasteiger partial charge >= 0.3 is 0 Å². The van der Waals surface area contributed by atoms with E-state index in [9.17, 15) is 4.21 Å². The van der Waals surface area contributed by atoms with Gasteiger partial charge in [-0.2, -0.15) is 0 Å². The third-order valence-corrected chi connectivity index (χ3v) is 2.05. The molecule has 4 heteroatoms. The van der Waals surface area contributed by atoms with Gasteiger partial charge in [0, 0.05) is 7.11 Å². The fourth-order valence-electron chi connectivity index (χ4n) is 0.917. The first-order valence-electron chi connectivity index (χ1n) is 3.66. The van der Waals surface area contributed by atoms with E-state index in [1.807, 2.05) is 0 Å². The SMILES string of the molecule is COC(CC(C)C)CS(=O)O. The molecule has 0 rings (SSSR count). The van der Waals surface area contributed by atoms with Crippen molar-refractivity contribution in [3.63, 3.8) is 0 Å². The van der Waals surface area contributed by atoms with E-state index in [0.717, 1.165) is 6.42 Å². The molecule has 0 aromatic carbocycles. The van der Waals surface area contributed by atoms with E-state index in [2.05, 4.69) is 13.8 Å². The maximum atomic E-state index is 10.4. The lowest BCUT2D eigenvalue weighted by atomic mass is 10.1. The van der Waals surface area contributed by atoms with Gasteiger partial charge in [0.15, 0.2) is 11.1 Å². The summed E-state index contributed by atoms with van der Waals surface area (Å²) in [5.41, 5.74) is 0. The van der Waals surface area contributed by atoms with Crippen molar-refractivity contribution >= 4 is 11.1 Å². The van der Waals surface area contributed by atoms with Gasteiger partial charge in [0.05, 0.1) is 11.9 Å². The van der Waals surface area contributed by atoms with Crippen LogP contribution in [0.1, 0.15) is 20.3 Å². The highest BCUT2D eigenvalue weighted by Gasteiger charge is 2.11. The Balaban J connectivity index is 3.66. The fraction of sp³-hybridized carbons (Fsp3) is 1.00. The van der Waals surface area contributed by atoms with E-state index >= 15 is 0 Å². The molecule has 0 fully saturated rings. The Morgan fingerprint density at radius 3 is 2.36 bits per heavy atom. The Hall–Kier alpha value is 0.0700. The smallest absolute Gasteiger partial charge is 0.155 e. The summed E-state index contributed by atoms with van der Waals surface area (Å²) in [6, 6.07) is 0. The highest BCUT2D eigenvalue weighted by molar-refractivity contribution is 7.79. The van der Waals surface area contributed by atoms with Crippen LogP contribution in [-0.2, 0) is 15.8 Å². The van der Waals surface area contributed by atoms with Crippen LogP contribution in [0.15, 0.2) is 0 Å². The number of hydrogen-bond acceptors (Lipinski definition) is 2. The number of hydrogen-bond donors (Lipinski definition) is 1. The quantitative estimate of drug-likeness (QED) is 0.648. The average molecular weight is 180 g/mol. The molecule has 0 aromatic rings. The predicted molar refractivity (Wildman–Crippen MR) is 45.9 cm³/mol. The molecule has 0 aliphatic heterocycles. The summed E-state index contributed by atoms with van der Waals surface area (Å²) in [6.07, 6.45) is 0.754. The van der Waals surface area contributed by atoms with Crippen LogP contribution in [-0.4, -0.2) is 27.7 Å². The second kappa shape index (κ2) is 5.69. The van der Waals surface area contributed by atoms with Crippen molar-refractivity contribution in [2.24, 2.45) is 5.92 Å². The number of ether oxygens (including phenoxy) is 1. The zero-order valence-electron chi connectivity index (χ0n) is 7.24. The van der Waals surface area contributed by atoms with Crippen LogP contribution in [0.4, 0.5) is 0 Å². The molecular formula is C7H16O3S. The molecule has 0 bridgehead atoms. The summed E-state index contributed by atoms with van der Waals surface area (Å²) in [5, 5.41) is 0. The Labute approximate surface area is 70.4 Å². The van der Waals surface area contributed by atoms with Gasteiger partial charge in [-0.25, -0.2) is 4.21 Å². The van der Waals surface area contributed by atoms with E-state index in [1.165, 1.54) is 0 Å². The molecule has 0 aliphatic rings. The Morgan fingerprint density at radius 2 is 2.09 bits per heavy atom. The summed E-state index contributed by atoms with van der Waals surface area (Å²) in [6.45, 7) is 4.12. The Kier molecular flexibility index (Phi) is 5.72. The second-order valence-corrected chi connectivity index (χ2v) is 3.95. The molecule has 0 saturated heterocycles. The van der Waals surface area contributed by atoms with Gasteiger partial charge < -0.3 is 9.29 Å². The maximum Gasteiger partial charge on any atom is 0.155 e. The van der Waals surface area contributed by atoms with Crippen molar-refractivity contribution in [2.75, 3.05) is 12.9 Å². The van der Waals surface area contributed by atoms with E-state index in [1.54, 1.807) is 7.11 Å². The minimum Gasteiger partial charge on any atom is -0.380 e. The molecule has 3 nitrogen and oxygen atoms in total. The van der Waals surface area contributed by atoms with Crippen molar-refractivity contribution in [3.05, 3.63) is 0 Å². The monoisotopic (exact) mass is 180 g/mol. The van der Waals surface area contributed by atoms with Crippen molar-refractivity contribution < 1.29 is 13.5 Å². The zero-order valence-corrected chi connectivity index (χ0v) is 8.06. The molecule has 0 saturated carbocycles. The third-order valence-electron chi connectivity index (χ3n) is 1.40. The molecule has 1 N–H and O–H groups in total. The summed E-state index contributed by atoms with van der Waals surface area (Å²) < 4.78 is 24.0. The van der Waals surface area contributed by atoms with Crippen LogP contribution in [0.3, 0.4) is 0 Å². The molecular weight excluding hydrogens is 164 g/mol. The molecule has 2 atom stereocenters. The molecule has 0 aliphatic carbocycles. The lowest BCUT2D eigenvalue weighted by Gasteiger charge is -2.14. The molecule has 0 aromatic heterocycles. The van der Waals surface area contributed by atoms with Gasteiger partial charge in [0.25, 0.3) is 0 Å². The first-order chi connectivity index (χ1) is 5.06. The number of methoxy groups -OCH3 is 1. The molecule has 0 amide bonds. The van der Waals surface area contributed by atoms with Gasteiger partial charge in [-0.15, -0.1) is 0 Å². The van der Waals surface area contributed by atoms with Gasteiger partial charge in [-0.1, -0.05) is 13.8 Å². The standard InChI is InChI=1S/C7H16O3S/c1-6(2)4-7(10-3)5-11(8)9/h6-7H,4-5H2,1-3H3,(H,8,9). The predicted octanol–water partition coefficient (Wildman–Crippen LogP) is 1.27. The highest BCUT2D eigenvalue weighted by Crippen LogP contribution is 2.07. The first kappa shape index (κ1) is 11.1. The summed E-state index contributed by atoms with van der Waals surface area (Å²) in [5.74, 6) is 0.720. The van der Waals surface area contributed by atoms with Crippen LogP contribution in [0, 0.1) is 5.92 Å². The highest BCUT2D eigenvalue weighted by atomic mass is 32.2. The summed E-state index contributed by atoms with van der Waals surface area (Å²) >= 11 is -1.74. The number of rotatable bonds is 5. The lowest BCUT2D eigenvalue weighted by molar-refractivity contribution is 0.102. The summed E-state index contributed by atoms with van der Waals surface area (Å²) in [4.78, 5) is 0. The van der Waals surface area contributed by atoms with Crippen LogP contribution in [0.25, 0.3) is 0 Å². The third kappa shape index (κ3) is 6.47. The average Bonchev–Trinajstić information content (AvgIpc) is 1.84.